The lowest BCUT2D eigenvalue weighted by atomic mass is 9.86. The number of rotatable bonds is 5. The molecule has 2 bridgehead atoms. The lowest BCUT2D eigenvalue weighted by molar-refractivity contribution is -0.145. The Labute approximate surface area is 145 Å². The third-order valence-electron chi connectivity index (χ3n) is 5.41. The zero-order chi connectivity index (χ0) is 16.6. The molecule has 3 N–H and O–H groups in total. The molecule has 1 heterocycles. The van der Waals surface area contributed by atoms with Gasteiger partial charge in [-0.1, -0.05) is 27.5 Å². The number of carbonyl (C=O) groups is 1. The molecule has 7 heteroatoms. The molecule has 0 radical (unpaired) electrons. The van der Waals surface area contributed by atoms with E-state index in [0.717, 1.165) is 22.0 Å². The van der Waals surface area contributed by atoms with Gasteiger partial charge in [0.2, 0.25) is 0 Å². The highest BCUT2D eigenvalue weighted by Gasteiger charge is 2.40. The second-order valence-corrected chi connectivity index (χ2v) is 7.93. The van der Waals surface area contributed by atoms with Crippen molar-refractivity contribution in [3.63, 3.8) is 0 Å². The zero-order valence-corrected chi connectivity index (χ0v) is 15.3. The van der Waals surface area contributed by atoms with Crippen LogP contribution in [0, 0.1) is 17.8 Å². The third kappa shape index (κ3) is 3.71. The molecule has 0 saturated heterocycles. The van der Waals surface area contributed by atoms with Crippen LogP contribution in [-0.4, -0.2) is 29.4 Å². The van der Waals surface area contributed by atoms with Crippen LogP contribution in [0.3, 0.4) is 0 Å². The van der Waals surface area contributed by atoms with E-state index >= 15 is 0 Å². The van der Waals surface area contributed by atoms with E-state index in [1.54, 1.807) is 0 Å². The maximum atomic E-state index is 12.0. The van der Waals surface area contributed by atoms with Gasteiger partial charge in [0, 0.05) is 10.2 Å². The van der Waals surface area contributed by atoms with E-state index in [4.69, 9.17) is 10.6 Å². The summed E-state index contributed by atoms with van der Waals surface area (Å²) in [6.07, 6.45) is 5.55. The number of amidine groups is 1. The van der Waals surface area contributed by atoms with E-state index < -0.39 is 0 Å². The summed E-state index contributed by atoms with van der Waals surface area (Å²) in [4.78, 5) is 17.0. The summed E-state index contributed by atoms with van der Waals surface area (Å²) in [7, 11) is 0. The van der Waals surface area contributed by atoms with E-state index in [2.05, 4.69) is 33.4 Å². The molecule has 1 aliphatic heterocycles. The second-order valence-electron chi connectivity index (χ2n) is 7.07. The molecule has 4 atom stereocenters. The van der Waals surface area contributed by atoms with Crippen LogP contribution in [0.4, 0.5) is 0 Å². The van der Waals surface area contributed by atoms with Crippen molar-refractivity contribution >= 4 is 27.7 Å². The molecule has 0 aromatic rings. The Kier molecular flexibility index (Phi) is 4.96. The van der Waals surface area contributed by atoms with E-state index in [1.807, 2.05) is 11.9 Å². The fourth-order valence-corrected chi connectivity index (χ4v) is 4.52. The first-order valence-electron chi connectivity index (χ1n) is 8.35. The number of nitrogens with zero attached hydrogens (tertiary/aromatic N) is 2. The normalized spacial score (nSPS) is 34.1. The molecule has 128 valence electrons. The summed E-state index contributed by atoms with van der Waals surface area (Å²) in [6.45, 7) is 4.44. The van der Waals surface area contributed by atoms with Crippen molar-refractivity contribution in [2.45, 2.75) is 52.0 Å². The van der Waals surface area contributed by atoms with Crippen molar-refractivity contribution < 1.29 is 9.63 Å². The highest BCUT2D eigenvalue weighted by Crippen LogP contribution is 2.49. The largest absolute Gasteiger partial charge is 0.383 e. The lowest BCUT2D eigenvalue weighted by Crippen LogP contribution is -2.43. The van der Waals surface area contributed by atoms with Crippen LogP contribution < -0.4 is 11.2 Å². The molecule has 0 spiro atoms. The Hall–Kier alpha value is -1.08. The number of hydrogen-bond acceptors (Lipinski definition) is 5. The third-order valence-corrected chi connectivity index (χ3v) is 6.67. The molecule has 3 aliphatic rings. The highest BCUT2D eigenvalue weighted by molar-refractivity contribution is 9.11. The fraction of sp³-hybridized carbons (Fsp3) is 0.750. The van der Waals surface area contributed by atoms with Gasteiger partial charge in [0.1, 0.15) is 0 Å². The number of hydrogen-bond donors (Lipinski definition) is 2. The fourth-order valence-electron chi connectivity index (χ4n) is 4.18. The van der Waals surface area contributed by atoms with Crippen LogP contribution in [-0.2, 0) is 9.63 Å². The number of oxime groups is 1. The minimum atomic E-state index is -0.261. The quantitative estimate of drug-likeness (QED) is 0.329. The molecule has 6 nitrogen and oxygen atoms in total. The van der Waals surface area contributed by atoms with Crippen LogP contribution in [0.1, 0.15) is 46.0 Å². The monoisotopic (exact) mass is 384 g/mol. The van der Waals surface area contributed by atoms with E-state index in [1.165, 1.54) is 25.7 Å². The van der Waals surface area contributed by atoms with Gasteiger partial charge in [0.25, 0.3) is 0 Å². The molecule has 0 amide bonds. The second kappa shape index (κ2) is 6.81. The Morgan fingerprint density at radius 1 is 1.48 bits per heavy atom. The predicted octanol–water partition coefficient (Wildman–Crippen LogP) is 2.46. The van der Waals surface area contributed by atoms with Gasteiger partial charge in [-0.2, -0.15) is 0 Å². The standard InChI is InChI=1S/C16H25BrN4O2/c1-9-16(17)10(2)21(19-9)8-14(18)20-23-15(22)7-13-6-11-3-4-12(13)5-11/h10-13,19H,3-8H2,1-2H3,(H2,18,20). The van der Waals surface area contributed by atoms with Crippen LogP contribution >= 0.6 is 15.9 Å². The summed E-state index contributed by atoms with van der Waals surface area (Å²) in [5.41, 5.74) is 10.1. The van der Waals surface area contributed by atoms with Gasteiger partial charge >= 0.3 is 5.97 Å². The molecule has 0 aromatic carbocycles. The molecule has 4 unspecified atom stereocenters. The van der Waals surface area contributed by atoms with Gasteiger partial charge in [0.05, 0.1) is 19.0 Å². The number of nitrogens with two attached hydrogens (primary N) is 1. The Morgan fingerprint density at radius 3 is 2.83 bits per heavy atom. The topological polar surface area (TPSA) is 79.9 Å². The number of carbonyl (C=O) groups excluding carboxylic acids is 1. The smallest absolute Gasteiger partial charge is 0.335 e. The Balaban J connectivity index is 1.43. The van der Waals surface area contributed by atoms with Crippen molar-refractivity contribution in [1.82, 2.24) is 10.4 Å². The molecule has 2 aliphatic carbocycles. The summed E-state index contributed by atoms with van der Waals surface area (Å²) < 4.78 is 1.10. The minimum Gasteiger partial charge on any atom is -0.383 e. The Morgan fingerprint density at radius 2 is 2.26 bits per heavy atom. The molecule has 0 aromatic heterocycles. The van der Waals surface area contributed by atoms with Crippen LogP contribution in [0.2, 0.25) is 0 Å². The van der Waals surface area contributed by atoms with Crippen LogP contribution in [0.15, 0.2) is 15.3 Å². The van der Waals surface area contributed by atoms with E-state index in [0.29, 0.717) is 24.7 Å². The highest BCUT2D eigenvalue weighted by atomic mass is 79.9. The summed E-state index contributed by atoms with van der Waals surface area (Å²) in [6, 6.07) is 0.175. The first kappa shape index (κ1) is 16.8. The average Bonchev–Trinajstić information content (AvgIpc) is 3.18. The number of halogens is 1. The maximum Gasteiger partial charge on any atom is 0.335 e. The Bertz CT molecular complexity index is 548. The summed E-state index contributed by atoms with van der Waals surface area (Å²) >= 11 is 3.54. The average molecular weight is 385 g/mol. The summed E-state index contributed by atoms with van der Waals surface area (Å²) in [5.74, 6) is 2.07. The first-order valence-corrected chi connectivity index (χ1v) is 9.15. The van der Waals surface area contributed by atoms with Crippen molar-refractivity contribution in [2.24, 2.45) is 28.6 Å². The van der Waals surface area contributed by atoms with E-state index in [9.17, 15) is 4.79 Å². The molecular weight excluding hydrogens is 360 g/mol. The number of fused-ring (bicyclic) bond motifs is 2. The number of hydrazine groups is 1. The summed E-state index contributed by atoms with van der Waals surface area (Å²) in [5, 5.41) is 5.75. The molecule has 2 saturated carbocycles. The van der Waals surface area contributed by atoms with Gasteiger partial charge in [-0.25, -0.2) is 9.80 Å². The number of nitrogens with one attached hydrogen (secondary N) is 1. The first-order chi connectivity index (χ1) is 10.9. The molecule has 3 rings (SSSR count). The molecule has 23 heavy (non-hydrogen) atoms. The molecule has 2 fully saturated rings. The van der Waals surface area contributed by atoms with Crippen molar-refractivity contribution in [1.29, 1.82) is 0 Å². The molecular formula is C16H25BrN4O2. The minimum absolute atomic E-state index is 0.175. The van der Waals surface area contributed by atoms with Gasteiger partial charge in [-0.05, 0) is 50.9 Å². The lowest BCUT2D eigenvalue weighted by Gasteiger charge is -2.22. The van der Waals surface area contributed by atoms with Gasteiger partial charge in [-0.15, -0.1) is 0 Å². The SMILES string of the molecule is CC1=C(Br)C(C)N(C/C(N)=N/OC(=O)CC2CC3CCC2C3)N1. The van der Waals surface area contributed by atoms with Gasteiger partial charge < -0.3 is 16.0 Å². The zero-order valence-electron chi connectivity index (χ0n) is 13.7. The van der Waals surface area contributed by atoms with Gasteiger partial charge in [0.15, 0.2) is 5.84 Å². The number of allylic oxidation sites excluding steroid dienone is 1. The van der Waals surface area contributed by atoms with E-state index in [-0.39, 0.29) is 12.0 Å². The van der Waals surface area contributed by atoms with Crippen LogP contribution in [0.25, 0.3) is 0 Å². The van der Waals surface area contributed by atoms with Gasteiger partial charge in [-0.3, -0.25) is 0 Å². The van der Waals surface area contributed by atoms with Crippen molar-refractivity contribution in [2.75, 3.05) is 6.54 Å². The van der Waals surface area contributed by atoms with Crippen molar-refractivity contribution in [3.05, 3.63) is 10.2 Å². The maximum absolute atomic E-state index is 12.0. The predicted molar refractivity (Wildman–Crippen MR) is 92.2 cm³/mol. The van der Waals surface area contributed by atoms with Crippen molar-refractivity contribution in [3.8, 4) is 0 Å². The van der Waals surface area contributed by atoms with Crippen LogP contribution in [0.5, 0.6) is 0 Å².